The van der Waals surface area contributed by atoms with Gasteiger partial charge in [0, 0.05) is 5.56 Å². The number of aryl methyl sites for hydroxylation is 1. The summed E-state index contributed by atoms with van der Waals surface area (Å²) in [4.78, 5) is 25.0. The van der Waals surface area contributed by atoms with E-state index in [0.29, 0.717) is 21.9 Å². The van der Waals surface area contributed by atoms with Crippen molar-refractivity contribution in [2.75, 3.05) is 6.61 Å². The van der Waals surface area contributed by atoms with Crippen LogP contribution in [0.3, 0.4) is 0 Å². The number of hydrogen-bond donors (Lipinski definition) is 1. The quantitative estimate of drug-likeness (QED) is 0.140. The molecule has 0 atom stereocenters. The molecule has 0 radical (unpaired) electrons. The van der Waals surface area contributed by atoms with E-state index in [-0.39, 0.29) is 17.4 Å². The standard InChI is InChI=1S/C27H20Cl2N2O4/c1-17-6-4-8-19(14-17)27(33)35-23-13-12-18-7-2-3-9-20(18)21(23)15-30-31-25(32)16-34-24-11-5-10-22(28)26(24)29/h2-15H,16H2,1H3,(H,31,32)/b30-15+. The molecule has 0 spiro atoms. The fourth-order valence-corrected chi connectivity index (χ4v) is 3.71. The number of nitrogens with one attached hydrogen (secondary N) is 1. The molecule has 0 aliphatic rings. The van der Waals surface area contributed by atoms with Gasteiger partial charge in [-0.05, 0) is 48.0 Å². The molecule has 4 rings (SSSR count). The highest BCUT2D eigenvalue weighted by Gasteiger charge is 2.14. The first-order chi connectivity index (χ1) is 16.9. The Labute approximate surface area is 212 Å². The van der Waals surface area contributed by atoms with Crippen LogP contribution in [0.4, 0.5) is 0 Å². The number of halogens is 2. The van der Waals surface area contributed by atoms with E-state index in [2.05, 4.69) is 10.5 Å². The first kappa shape index (κ1) is 24.3. The second-order valence-corrected chi connectivity index (χ2v) is 8.38. The lowest BCUT2D eigenvalue weighted by Gasteiger charge is -2.11. The minimum absolute atomic E-state index is 0.223. The Morgan fingerprint density at radius 2 is 1.74 bits per heavy atom. The van der Waals surface area contributed by atoms with Crippen LogP contribution in [0, 0.1) is 6.92 Å². The number of ether oxygens (including phenoxy) is 2. The zero-order chi connectivity index (χ0) is 24.8. The van der Waals surface area contributed by atoms with Crippen molar-refractivity contribution in [1.82, 2.24) is 5.43 Å². The van der Waals surface area contributed by atoms with Crippen LogP contribution in [0.2, 0.25) is 10.0 Å². The molecule has 0 unspecified atom stereocenters. The molecule has 0 saturated carbocycles. The minimum atomic E-state index is -0.504. The zero-order valence-electron chi connectivity index (χ0n) is 18.6. The molecule has 1 amide bonds. The number of fused-ring (bicyclic) bond motifs is 1. The smallest absolute Gasteiger partial charge is 0.343 e. The Bertz CT molecular complexity index is 1440. The average molecular weight is 507 g/mol. The Kier molecular flexibility index (Phi) is 7.65. The maximum absolute atomic E-state index is 12.7. The van der Waals surface area contributed by atoms with Crippen molar-refractivity contribution in [3.8, 4) is 11.5 Å². The second kappa shape index (κ2) is 11.0. The molecule has 0 fully saturated rings. The van der Waals surface area contributed by atoms with Gasteiger partial charge in [-0.2, -0.15) is 5.10 Å². The first-order valence-electron chi connectivity index (χ1n) is 10.6. The number of nitrogens with zero attached hydrogens (tertiary/aromatic N) is 1. The van der Waals surface area contributed by atoms with Gasteiger partial charge in [-0.3, -0.25) is 4.79 Å². The third-order valence-electron chi connectivity index (χ3n) is 5.04. The largest absolute Gasteiger partial charge is 0.482 e. The van der Waals surface area contributed by atoms with Crippen LogP contribution in [0.1, 0.15) is 21.5 Å². The molecule has 8 heteroatoms. The number of hydrogen-bond acceptors (Lipinski definition) is 5. The molecule has 4 aromatic carbocycles. The highest BCUT2D eigenvalue weighted by atomic mass is 35.5. The van der Waals surface area contributed by atoms with E-state index in [1.807, 2.05) is 43.3 Å². The summed E-state index contributed by atoms with van der Waals surface area (Å²) in [6, 6.07) is 23.2. The molecule has 0 aromatic heterocycles. The molecule has 1 N–H and O–H groups in total. The van der Waals surface area contributed by atoms with E-state index in [1.165, 1.54) is 6.21 Å². The van der Waals surface area contributed by atoms with E-state index in [4.69, 9.17) is 32.7 Å². The predicted octanol–water partition coefficient (Wildman–Crippen LogP) is 6.20. The molecular weight excluding hydrogens is 487 g/mol. The number of rotatable bonds is 7. The third kappa shape index (κ3) is 5.98. The van der Waals surface area contributed by atoms with Crippen molar-refractivity contribution in [3.05, 3.63) is 106 Å². The van der Waals surface area contributed by atoms with Crippen molar-refractivity contribution < 1.29 is 19.1 Å². The molecule has 0 aliphatic heterocycles. The van der Waals surface area contributed by atoms with Crippen LogP contribution in [0.15, 0.2) is 84.0 Å². The highest BCUT2D eigenvalue weighted by molar-refractivity contribution is 6.42. The van der Waals surface area contributed by atoms with Gasteiger partial charge in [0.15, 0.2) is 6.61 Å². The van der Waals surface area contributed by atoms with Crippen molar-refractivity contribution in [3.63, 3.8) is 0 Å². The van der Waals surface area contributed by atoms with Crippen molar-refractivity contribution in [2.24, 2.45) is 5.10 Å². The monoisotopic (exact) mass is 506 g/mol. The van der Waals surface area contributed by atoms with Gasteiger partial charge in [-0.25, -0.2) is 10.2 Å². The van der Waals surface area contributed by atoms with Gasteiger partial charge in [0.05, 0.1) is 16.8 Å². The van der Waals surface area contributed by atoms with Gasteiger partial charge >= 0.3 is 5.97 Å². The number of hydrazone groups is 1. The van der Waals surface area contributed by atoms with E-state index in [1.54, 1.807) is 42.5 Å². The molecule has 0 aliphatic carbocycles. The van der Waals surface area contributed by atoms with Crippen LogP contribution in [0.25, 0.3) is 10.8 Å². The highest BCUT2D eigenvalue weighted by Crippen LogP contribution is 2.31. The van der Waals surface area contributed by atoms with Crippen LogP contribution in [-0.2, 0) is 4.79 Å². The summed E-state index contributed by atoms with van der Waals surface area (Å²) in [7, 11) is 0. The second-order valence-electron chi connectivity index (χ2n) is 7.59. The lowest BCUT2D eigenvalue weighted by Crippen LogP contribution is -2.24. The Morgan fingerprint density at radius 3 is 2.57 bits per heavy atom. The van der Waals surface area contributed by atoms with E-state index in [0.717, 1.165) is 16.3 Å². The minimum Gasteiger partial charge on any atom is -0.482 e. The molecule has 0 saturated heterocycles. The third-order valence-corrected chi connectivity index (χ3v) is 5.85. The summed E-state index contributed by atoms with van der Waals surface area (Å²) < 4.78 is 11.1. The van der Waals surface area contributed by atoms with Gasteiger partial charge in [-0.15, -0.1) is 0 Å². The van der Waals surface area contributed by atoms with E-state index < -0.39 is 11.9 Å². The van der Waals surface area contributed by atoms with E-state index >= 15 is 0 Å². The lowest BCUT2D eigenvalue weighted by molar-refractivity contribution is -0.123. The van der Waals surface area contributed by atoms with Crippen molar-refractivity contribution in [2.45, 2.75) is 6.92 Å². The summed E-state index contributed by atoms with van der Waals surface area (Å²) in [6.07, 6.45) is 1.44. The maximum Gasteiger partial charge on any atom is 0.343 e. The average Bonchev–Trinajstić information content (AvgIpc) is 2.86. The molecule has 0 bridgehead atoms. The summed E-state index contributed by atoms with van der Waals surface area (Å²) in [5.74, 6) is -0.391. The van der Waals surface area contributed by atoms with Gasteiger partial charge in [0.1, 0.15) is 16.5 Å². The lowest BCUT2D eigenvalue weighted by atomic mass is 10.0. The predicted molar refractivity (Wildman–Crippen MR) is 138 cm³/mol. The molecule has 0 heterocycles. The first-order valence-corrected chi connectivity index (χ1v) is 11.4. The number of amides is 1. The van der Waals surface area contributed by atoms with Crippen molar-refractivity contribution in [1.29, 1.82) is 0 Å². The molecular formula is C27H20Cl2N2O4. The topological polar surface area (TPSA) is 77.0 Å². The Balaban J connectivity index is 1.51. The Morgan fingerprint density at radius 1 is 0.943 bits per heavy atom. The van der Waals surface area contributed by atoms with Crippen LogP contribution >= 0.6 is 23.2 Å². The summed E-state index contributed by atoms with van der Waals surface area (Å²) in [6.45, 7) is 1.58. The molecule has 35 heavy (non-hydrogen) atoms. The summed E-state index contributed by atoms with van der Waals surface area (Å²) >= 11 is 12.0. The van der Waals surface area contributed by atoms with Gasteiger partial charge in [0.25, 0.3) is 5.91 Å². The fourth-order valence-electron chi connectivity index (χ4n) is 3.37. The number of benzene rings is 4. The summed E-state index contributed by atoms with van der Waals surface area (Å²) in [5, 5.41) is 6.33. The van der Waals surface area contributed by atoms with Crippen LogP contribution in [0.5, 0.6) is 11.5 Å². The molecule has 176 valence electrons. The van der Waals surface area contributed by atoms with Gasteiger partial charge < -0.3 is 9.47 Å². The number of esters is 1. The SMILES string of the molecule is Cc1cccc(C(=O)Oc2ccc3ccccc3c2/C=N/NC(=O)COc2cccc(Cl)c2Cl)c1. The van der Waals surface area contributed by atoms with E-state index in [9.17, 15) is 9.59 Å². The summed E-state index contributed by atoms with van der Waals surface area (Å²) in [5.41, 5.74) is 4.34. The fraction of sp³-hybridized carbons (Fsp3) is 0.0741. The molecule has 4 aromatic rings. The zero-order valence-corrected chi connectivity index (χ0v) is 20.1. The Hall–Kier alpha value is -3.87. The van der Waals surface area contributed by atoms with Gasteiger partial charge in [-0.1, -0.05) is 77.3 Å². The maximum atomic E-state index is 12.7. The number of carbonyl (C=O) groups excluding carboxylic acids is 2. The van der Waals surface area contributed by atoms with Crippen LogP contribution < -0.4 is 14.9 Å². The normalized spacial score (nSPS) is 10.9. The van der Waals surface area contributed by atoms with Crippen LogP contribution in [-0.4, -0.2) is 24.7 Å². The number of carbonyl (C=O) groups is 2. The van der Waals surface area contributed by atoms with Gasteiger partial charge in [0.2, 0.25) is 0 Å². The van der Waals surface area contributed by atoms with Crippen molar-refractivity contribution >= 4 is 52.1 Å². The molecule has 6 nitrogen and oxygen atoms in total.